The van der Waals surface area contributed by atoms with Crippen LogP contribution in [-0.2, 0) is 32.2 Å². The van der Waals surface area contributed by atoms with E-state index >= 15 is 0 Å². The van der Waals surface area contributed by atoms with E-state index in [1.165, 1.54) is 73.4 Å². The Bertz CT molecular complexity index is 775. The van der Waals surface area contributed by atoms with Gasteiger partial charge in [-0.2, -0.15) is 0 Å². The van der Waals surface area contributed by atoms with Crippen LogP contribution in [0.5, 0.6) is 0 Å². The van der Waals surface area contributed by atoms with Crippen LogP contribution in [0.1, 0.15) is 72.4 Å². The minimum Gasteiger partial charge on any atom is -0.361 e. The van der Waals surface area contributed by atoms with E-state index < -0.39 is 0 Å². The molecule has 0 bridgehead atoms. The Labute approximate surface area is 149 Å². The predicted molar refractivity (Wildman–Crippen MR) is 95.7 cm³/mol. The quantitative estimate of drug-likeness (QED) is 0.859. The molecule has 2 aliphatic carbocycles. The molecule has 1 aliphatic heterocycles. The average Bonchev–Trinajstić information content (AvgIpc) is 3.32. The van der Waals surface area contributed by atoms with Crippen molar-refractivity contribution in [2.75, 3.05) is 13.1 Å². The molecule has 134 valence electrons. The van der Waals surface area contributed by atoms with Crippen LogP contribution in [0.3, 0.4) is 0 Å². The summed E-state index contributed by atoms with van der Waals surface area (Å²) in [5.41, 5.74) is 5.49. The number of nitrogens with zero attached hydrogens (tertiary/aromatic N) is 4. The fourth-order valence-electron chi connectivity index (χ4n) is 5.13. The molecule has 0 amide bonds. The van der Waals surface area contributed by atoms with Crippen LogP contribution in [-0.4, -0.2) is 32.7 Å². The first-order chi connectivity index (χ1) is 12.3. The van der Waals surface area contributed by atoms with Gasteiger partial charge in [-0.1, -0.05) is 5.16 Å². The second-order valence-corrected chi connectivity index (χ2v) is 8.05. The molecular weight excluding hydrogens is 312 g/mol. The highest BCUT2D eigenvalue weighted by Gasteiger charge is 2.30. The highest BCUT2D eigenvalue weighted by Crippen LogP contribution is 2.32. The van der Waals surface area contributed by atoms with Crippen molar-refractivity contribution in [3.63, 3.8) is 0 Å². The monoisotopic (exact) mass is 340 g/mol. The van der Waals surface area contributed by atoms with Gasteiger partial charge in [0, 0.05) is 43.4 Å². The highest BCUT2D eigenvalue weighted by atomic mass is 16.5. The summed E-state index contributed by atoms with van der Waals surface area (Å²) in [4.78, 5) is 7.43. The zero-order chi connectivity index (χ0) is 16.8. The van der Waals surface area contributed by atoms with Crippen molar-refractivity contribution in [1.29, 1.82) is 0 Å². The summed E-state index contributed by atoms with van der Waals surface area (Å²) in [5.74, 6) is 2.37. The van der Waals surface area contributed by atoms with Gasteiger partial charge in [-0.3, -0.25) is 4.90 Å². The summed E-state index contributed by atoms with van der Waals surface area (Å²) in [7, 11) is 0. The molecule has 5 nitrogen and oxygen atoms in total. The second kappa shape index (κ2) is 6.27. The largest absolute Gasteiger partial charge is 0.361 e. The van der Waals surface area contributed by atoms with E-state index in [1.807, 2.05) is 0 Å². The van der Waals surface area contributed by atoms with Gasteiger partial charge in [-0.05, 0) is 58.3 Å². The first kappa shape index (κ1) is 15.6. The van der Waals surface area contributed by atoms with E-state index in [0.29, 0.717) is 6.04 Å². The van der Waals surface area contributed by atoms with Crippen LogP contribution < -0.4 is 0 Å². The smallest absolute Gasteiger partial charge is 0.140 e. The Kier molecular flexibility index (Phi) is 3.92. The number of hydrogen-bond acceptors (Lipinski definition) is 4. The topological polar surface area (TPSA) is 47.1 Å². The van der Waals surface area contributed by atoms with Crippen LogP contribution in [0.4, 0.5) is 0 Å². The Hall–Kier alpha value is -1.62. The molecule has 5 heteroatoms. The van der Waals surface area contributed by atoms with Gasteiger partial charge >= 0.3 is 0 Å². The Balaban J connectivity index is 1.32. The molecule has 5 rings (SSSR count). The summed E-state index contributed by atoms with van der Waals surface area (Å²) in [6.45, 7) is 5.41. The predicted octanol–water partition coefficient (Wildman–Crippen LogP) is 3.38. The molecule has 0 radical (unpaired) electrons. The lowest BCUT2D eigenvalue weighted by molar-refractivity contribution is 0.297. The van der Waals surface area contributed by atoms with Crippen molar-refractivity contribution < 1.29 is 4.52 Å². The number of fused-ring (bicyclic) bond motifs is 2. The molecule has 1 fully saturated rings. The first-order valence-electron chi connectivity index (χ1n) is 10.0. The van der Waals surface area contributed by atoms with Gasteiger partial charge in [0.15, 0.2) is 0 Å². The summed E-state index contributed by atoms with van der Waals surface area (Å²) in [6.07, 6.45) is 11.0. The molecule has 3 aliphatic rings. The van der Waals surface area contributed by atoms with Crippen molar-refractivity contribution in [3.05, 3.63) is 34.2 Å². The van der Waals surface area contributed by atoms with Gasteiger partial charge in [0.05, 0.1) is 5.69 Å². The molecule has 2 aromatic rings. The van der Waals surface area contributed by atoms with Gasteiger partial charge in [0.25, 0.3) is 0 Å². The number of aryl methyl sites for hydroxylation is 3. The fraction of sp³-hybridized carbons (Fsp3) is 0.700. The van der Waals surface area contributed by atoms with Gasteiger partial charge in [0.1, 0.15) is 17.3 Å². The molecule has 2 aromatic heterocycles. The summed E-state index contributed by atoms with van der Waals surface area (Å²) < 4.78 is 8.16. The Morgan fingerprint density at radius 1 is 1.08 bits per heavy atom. The number of imidazole rings is 1. The van der Waals surface area contributed by atoms with Crippen molar-refractivity contribution in [1.82, 2.24) is 19.6 Å². The zero-order valence-corrected chi connectivity index (χ0v) is 15.3. The second-order valence-electron chi connectivity index (χ2n) is 8.05. The lowest BCUT2D eigenvalue weighted by Gasteiger charge is -2.21. The Morgan fingerprint density at radius 2 is 1.92 bits per heavy atom. The van der Waals surface area contributed by atoms with E-state index in [4.69, 9.17) is 9.51 Å². The molecular formula is C20H28N4O. The molecule has 1 atom stereocenters. The van der Waals surface area contributed by atoms with E-state index in [0.717, 1.165) is 38.2 Å². The first-order valence-corrected chi connectivity index (χ1v) is 10.0. The number of likely N-dealkylation sites (tertiary alicyclic amines) is 1. The van der Waals surface area contributed by atoms with Crippen molar-refractivity contribution >= 4 is 0 Å². The fourth-order valence-corrected chi connectivity index (χ4v) is 5.13. The summed E-state index contributed by atoms with van der Waals surface area (Å²) >= 11 is 0. The van der Waals surface area contributed by atoms with Crippen molar-refractivity contribution in [2.24, 2.45) is 0 Å². The van der Waals surface area contributed by atoms with Gasteiger partial charge < -0.3 is 9.09 Å². The minimum absolute atomic E-state index is 0.581. The molecule has 3 heterocycles. The maximum Gasteiger partial charge on any atom is 0.140 e. The van der Waals surface area contributed by atoms with Crippen LogP contribution >= 0.6 is 0 Å². The SMILES string of the molecule is Cc1nc2c(n1[C@H]1CCN(Cc3noc4c3CCCC4)C1)CCCC2. The molecule has 0 unspecified atom stereocenters. The number of rotatable bonds is 3. The van der Waals surface area contributed by atoms with Crippen LogP contribution in [0.15, 0.2) is 4.52 Å². The molecule has 0 aromatic carbocycles. The minimum atomic E-state index is 0.581. The van der Waals surface area contributed by atoms with Gasteiger partial charge in [0.2, 0.25) is 0 Å². The summed E-state index contributed by atoms with van der Waals surface area (Å²) in [6, 6.07) is 0.581. The maximum absolute atomic E-state index is 5.60. The van der Waals surface area contributed by atoms with E-state index in [1.54, 1.807) is 0 Å². The molecule has 0 N–H and O–H groups in total. The lowest BCUT2D eigenvalue weighted by Crippen LogP contribution is -2.23. The molecule has 0 saturated carbocycles. The van der Waals surface area contributed by atoms with E-state index in [2.05, 4.69) is 21.5 Å². The third-order valence-electron chi connectivity index (χ3n) is 6.36. The summed E-state index contributed by atoms with van der Waals surface area (Å²) in [5, 5.41) is 4.40. The van der Waals surface area contributed by atoms with Crippen LogP contribution in [0.2, 0.25) is 0 Å². The van der Waals surface area contributed by atoms with E-state index in [-0.39, 0.29) is 0 Å². The van der Waals surface area contributed by atoms with Crippen molar-refractivity contribution in [3.8, 4) is 0 Å². The zero-order valence-electron chi connectivity index (χ0n) is 15.3. The third kappa shape index (κ3) is 2.73. The molecule has 1 saturated heterocycles. The van der Waals surface area contributed by atoms with Gasteiger partial charge in [-0.15, -0.1) is 0 Å². The lowest BCUT2D eigenvalue weighted by atomic mass is 9.96. The molecule has 0 spiro atoms. The average molecular weight is 340 g/mol. The van der Waals surface area contributed by atoms with Crippen LogP contribution in [0, 0.1) is 6.92 Å². The molecule has 25 heavy (non-hydrogen) atoms. The normalized spacial score (nSPS) is 23.6. The maximum atomic E-state index is 5.60. The standard InChI is InChI=1S/C20H28N4O/c1-14-21-17-7-3-4-8-19(17)24(14)15-10-11-23(12-15)13-18-16-6-2-5-9-20(16)25-22-18/h15H,2-13H2,1H3/t15-/m0/s1. The number of hydrogen-bond donors (Lipinski definition) is 0. The third-order valence-corrected chi connectivity index (χ3v) is 6.36. The number of aromatic nitrogens is 3. The Morgan fingerprint density at radius 3 is 2.88 bits per heavy atom. The van der Waals surface area contributed by atoms with Gasteiger partial charge in [-0.25, -0.2) is 4.98 Å². The highest BCUT2D eigenvalue weighted by molar-refractivity contribution is 5.26. The van der Waals surface area contributed by atoms with Crippen LogP contribution in [0.25, 0.3) is 0 Å². The van der Waals surface area contributed by atoms with E-state index in [9.17, 15) is 0 Å². The van der Waals surface area contributed by atoms with Crippen molar-refractivity contribution in [2.45, 2.75) is 77.3 Å².